The zero-order valence-electron chi connectivity index (χ0n) is 15.4. The van der Waals surface area contributed by atoms with E-state index in [1.807, 2.05) is 31.3 Å². The van der Waals surface area contributed by atoms with Crippen molar-refractivity contribution in [2.24, 2.45) is 7.05 Å². The molecule has 148 valence electrons. The summed E-state index contributed by atoms with van der Waals surface area (Å²) < 4.78 is 7.49. The largest absolute Gasteiger partial charge is 0.489 e. The predicted octanol–water partition coefficient (Wildman–Crippen LogP) is 4.37. The minimum atomic E-state index is 0.452. The molecule has 0 amide bonds. The van der Waals surface area contributed by atoms with Gasteiger partial charge in [0.05, 0.1) is 10.0 Å². The number of hydrogen-bond acceptors (Lipinski definition) is 6. The number of thioether (sulfide) groups is 1. The molecule has 2 aromatic carbocycles. The van der Waals surface area contributed by atoms with E-state index in [0.717, 1.165) is 41.7 Å². The number of rotatable bonds is 10. The topological polar surface area (TPSA) is 64.9 Å². The fourth-order valence-electron chi connectivity index (χ4n) is 2.44. The first-order valence-corrected chi connectivity index (χ1v) is 10.6. The summed E-state index contributed by atoms with van der Waals surface area (Å²) >= 11 is 13.6. The molecule has 28 heavy (non-hydrogen) atoms. The van der Waals surface area contributed by atoms with Gasteiger partial charge in [-0.1, -0.05) is 53.2 Å². The van der Waals surface area contributed by atoms with E-state index >= 15 is 0 Å². The molecule has 0 aliphatic carbocycles. The number of aryl methyl sites for hydroxylation is 1. The molecule has 0 unspecified atom stereocenters. The van der Waals surface area contributed by atoms with Gasteiger partial charge in [0.15, 0.2) is 0 Å². The van der Waals surface area contributed by atoms with Crippen molar-refractivity contribution >= 4 is 35.0 Å². The highest BCUT2D eigenvalue weighted by Gasteiger charge is 2.03. The average molecular weight is 438 g/mol. The minimum absolute atomic E-state index is 0.452. The number of tetrazole rings is 1. The number of nitrogens with one attached hydrogen (secondary N) is 1. The fourth-order valence-corrected chi connectivity index (χ4v) is 3.55. The van der Waals surface area contributed by atoms with Crippen LogP contribution in [0.2, 0.25) is 10.0 Å². The van der Waals surface area contributed by atoms with Crippen LogP contribution in [0.25, 0.3) is 0 Å². The average Bonchev–Trinajstić information content (AvgIpc) is 3.11. The van der Waals surface area contributed by atoms with Crippen molar-refractivity contribution in [2.45, 2.75) is 24.7 Å². The molecule has 1 aromatic heterocycles. The van der Waals surface area contributed by atoms with Gasteiger partial charge in [-0.2, -0.15) is 0 Å². The molecule has 0 radical (unpaired) electrons. The van der Waals surface area contributed by atoms with Crippen LogP contribution in [-0.4, -0.2) is 32.5 Å². The summed E-state index contributed by atoms with van der Waals surface area (Å²) in [6, 6.07) is 13.6. The third kappa shape index (κ3) is 6.38. The Morgan fingerprint density at radius 1 is 1.07 bits per heavy atom. The van der Waals surface area contributed by atoms with Crippen LogP contribution in [0.5, 0.6) is 5.75 Å². The quantitative estimate of drug-likeness (QED) is 0.375. The van der Waals surface area contributed by atoms with E-state index in [1.54, 1.807) is 22.5 Å². The summed E-state index contributed by atoms with van der Waals surface area (Å²) in [6.07, 6.45) is 1.04. The number of benzene rings is 2. The molecule has 9 heteroatoms. The van der Waals surface area contributed by atoms with Crippen LogP contribution in [0.1, 0.15) is 17.5 Å². The lowest BCUT2D eigenvalue weighted by atomic mass is 10.2. The zero-order chi connectivity index (χ0) is 19.8. The second-order valence-corrected chi connectivity index (χ2v) is 8.02. The maximum atomic E-state index is 6.02. The predicted molar refractivity (Wildman–Crippen MR) is 113 cm³/mol. The minimum Gasteiger partial charge on any atom is -0.489 e. The number of hydrogen-bond donors (Lipinski definition) is 1. The first-order valence-electron chi connectivity index (χ1n) is 8.83. The first kappa shape index (κ1) is 20.9. The second kappa shape index (κ2) is 10.7. The highest BCUT2D eigenvalue weighted by Crippen LogP contribution is 2.23. The Morgan fingerprint density at radius 3 is 2.57 bits per heavy atom. The van der Waals surface area contributed by atoms with E-state index in [9.17, 15) is 0 Å². The molecule has 0 aliphatic rings. The molecule has 0 saturated carbocycles. The molecule has 0 fully saturated rings. The number of aromatic nitrogens is 4. The smallest absolute Gasteiger partial charge is 0.209 e. The van der Waals surface area contributed by atoms with E-state index in [2.05, 4.69) is 33.0 Å². The number of ether oxygens (including phenoxy) is 1. The molecule has 0 atom stereocenters. The summed E-state index contributed by atoms with van der Waals surface area (Å²) in [7, 11) is 1.85. The molecule has 0 aliphatic heterocycles. The molecule has 6 nitrogen and oxygen atoms in total. The van der Waals surface area contributed by atoms with Gasteiger partial charge < -0.3 is 10.1 Å². The van der Waals surface area contributed by atoms with Crippen molar-refractivity contribution in [1.29, 1.82) is 0 Å². The van der Waals surface area contributed by atoms with E-state index in [4.69, 9.17) is 27.9 Å². The van der Waals surface area contributed by atoms with E-state index in [1.165, 1.54) is 5.56 Å². The van der Waals surface area contributed by atoms with E-state index in [-0.39, 0.29) is 0 Å². The van der Waals surface area contributed by atoms with Gasteiger partial charge in [-0.15, -0.1) is 5.10 Å². The summed E-state index contributed by atoms with van der Waals surface area (Å²) in [5.74, 6) is 1.80. The van der Waals surface area contributed by atoms with Crippen LogP contribution >= 0.6 is 35.0 Å². The van der Waals surface area contributed by atoms with Gasteiger partial charge in [0.1, 0.15) is 12.4 Å². The molecular weight excluding hydrogens is 417 g/mol. The van der Waals surface area contributed by atoms with Crippen molar-refractivity contribution in [3.8, 4) is 5.75 Å². The van der Waals surface area contributed by atoms with Crippen LogP contribution in [-0.2, 0) is 20.2 Å². The molecular formula is C19H21Cl2N5OS. The molecule has 1 heterocycles. The standard InChI is InChI=1S/C19H21Cl2N5OS/c1-26-19(23-24-25-26)28-10-2-9-22-12-14-3-6-16(7-4-14)27-13-15-5-8-17(20)18(21)11-15/h3-8,11,22H,2,9-10,12-13H2,1H3. The third-order valence-corrected chi connectivity index (χ3v) is 5.79. The summed E-state index contributed by atoms with van der Waals surface area (Å²) in [5, 5.41) is 16.8. The molecule has 3 aromatic rings. The SMILES string of the molecule is Cn1nnnc1SCCCNCc1ccc(OCc2ccc(Cl)c(Cl)c2)cc1. The van der Waals surface area contributed by atoms with Crippen molar-refractivity contribution in [1.82, 2.24) is 25.5 Å². The Balaban J connectivity index is 1.33. The Bertz CT molecular complexity index is 888. The highest BCUT2D eigenvalue weighted by atomic mass is 35.5. The highest BCUT2D eigenvalue weighted by molar-refractivity contribution is 7.99. The van der Waals surface area contributed by atoms with Crippen LogP contribution in [0, 0.1) is 0 Å². The Kier molecular flexibility index (Phi) is 7.97. The van der Waals surface area contributed by atoms with Gasteiger partial charge in [0.2, 0.25) is 5.16 Å². The Hall–Kier alpha value is -1.80. The molecule has 3 rings (SSSR count). The Morgan fingerprint density at radius 2 is 1.86 bits per heavy atom. The summed E-state index contributed by atoms with van der Waals surface area (Å²) in [4.78, 5) is 0. The van der Waals surface area contributed by atoms with Crippen LogP contribution in [0.4, 0.5) is 0 Å². The normalized spacial score (nSPS) is 11.0. The fraction of sp³-hybridized carbons (Fsp3) is 0.316. The number of nitrogens with zero attached hydrogens (tertiary/aromatic N) is 4. The van der Waals surface area contributed by atoms with Crippen molar-refractivity contribution < 1.29 is 4.74 Å². The second-order valence-electron chi connectivity index (χ2n) is 6.14. The van der Waals surface area contributed by atoms with Gasteiger partial charge in [0.25, 0.3) is 0 Å². The van der Waals surface area contributed by atoms with Gasteiger partial charge in [-0.3, -0.25) is 0 Å². The van der Waals surface area contributed by atoms with Crippen LogP contribution in [0.3, 0.4) is 0 Å². The molecule has 0 saturated heterocycles. The maximum absolute atomic E-state index is 6.02. The molecule has 0 bridgehead atoms. The molecule has 0 spiro atoms. The zero-order valence-corrected chi connectivity index (χ0v) is 17.8. The van der Waals surface area contributed by atoms with E-state index in [0.29, 0.717) is 16.7 Å². The number of halogens is 2. The Labute approximate surface area is 178 Å². The maximum Gasteiger partial charge on any atom is 0.209 e. The lowest BCUT2D eigenvalue weighted by Crippen LogP contribution is -2.15. The van der Waals surface area contributed by atoms with Crippen molar-refractivity contribution in [3.63, 3.8) is 0 Å². The lowest BCUT2D eigenvalue weighted by Gasteiger charge is -2.09. The van der Waals surface area contributed by atoms with Crippen molar-refractivity contribution in [3.05, 3.63) is 63.6 Å². The van der Waals surface area contributed by atoms with Gasteiger partial charge in [-0.25, -0.2) is 4.68 Å². The van der Waals surface area contributed by atoms with Crippen LogP contribution < -0.4 is 10.1 Å². The van der Waals surface area contributed by atoms with Crippen LogP contribution in [0.15, 0.2) is 47.6 Å². The van der Waals surface area contributed by atoms with Gasteiger partial charge >= 0.3 is 0 Å². The first-order chi connectivity index (χ1) is 13.6. The van der Waals surface area contributed by atoms with Gasteiger partial charge in [-0.05, 0) is 58.8 Å². The van der Waals surface area contributed by atoms with E-state index < -0.39 is 0 Å². The van der Waals surface area contributed by atoms with Crippen molar-refractivity contribution in [2.75, 3.05) is 12.3 Å². The summed E-state index contributed by atoms with van der Waals surface area (Å²) in [6.45, 7) is 2.21. The molecule has 1 N–H and O–H groups in total. The monoisotopic (exact) mass is 437 g/mol. The lowest BCUT2D eigenvalue weighted by molar-refractivity contribution is 0.306. The summed E-state index contributed by atoms with van der Waals surface area (Å²) in [5.41, 5.74) is 2.20. The third-order valence-electron chi connectivity index (χ3n) is 3.95. The van der Waals surface area contributed by atoms with Gasteiger partial charge in [0, 0.05) is 19.3 Å².